The third kappa shape index (κ3) is 18.4. The van der Waals surface area contributed by atoms with Gasteiger partial charge in [0.1, 0.15) is 0 Å². The predicted molar refractivity (Wildman–Crippen MR) is 423 cm³/mol. The molecule has 6 fully saturated rings. The second-order valence-electron chi connectivity index (χ2n) is 27.6. The minimum atomic E-state index is -3.18. The molecule has 10 aromatic rings. The first-order valence-electron chi connectivity index (χ1n) is 36.0. The van der Waals surface area contributed by atoms with Crippen LogP contribution in [0.25, 0.3) is 54.5 Å². The fourth-order valence-electron chi connectivity index (χ4n) is 14.7. The summed E-state index contributed by atoms with van der Waals surface area (Å²) in [6.07, 6.45) is 15.9. The highest BCUT2D eigenvalue weighted by Crippen LogP contribution is 2.36. The van der Waals surface area contributed by atoms with Gasteiger partial charge in [-0.05, 0) is 100 Å². The zero-order valence-electron chi connectivity index (χ0n) is 60.4. The van der Waals surface area contributed by atoms with Crippen LogP contribution < -0.4 is 29.8 Å². The van der Waals surface area contributed by atoms with Gasteiger partial charge in [0.15, 0.2) is 0 Å². The molecule has 570 valence electrons. The third-order valence-electron chi connectivity index (χ3n) is 20.5. The van der Waals surface area contributed by atoms with Gasteiger partial charge in [0.25, 0.3) is 0 Å². The van der Waals surface area contributed by atoms with Crippen molar-refractivity contribution in [2.75, 3.05) is 175 Å². The lowest BCUT2D eigenvalue weighted by Gasteiger charge is -2.36. The minimum absolute atomic E-state index is 0.0587. The minimum Gasteiger partial charge on any atom is -0.370 e. The highest BCUT2D eigenvalue weighted by atomic mass is 35.5. The topological polar surface area (TPSA) is 324 Å². The Morgan fingerprint density at radius 2 is 0.821 bits per heavy atom. The molecule has 5 aliphatic heterocycles. The van der Waals surface area contributed by atoms with Crippen molar-refractivity contribution < 1.29 is 34.8 Å². The van der Waals surface area contributed by atoms with Crippen LogP contribution in [0.3, 0.4) is 0 Å². The maximum absolute atomic E-state index is 12.7. The van der Waals surface area contributed by atoms with Gasteiger partial charge in [0.2, 0.25) is 41.9 Å². The number of halogens is 3. The molecule has 0 bridgehead atoms. The van der Waals surface area contributed by atoms with Crippen LogP contribution in [0.5, 0.6) is 0 Å². The molecule has 29 nitrogen and oxygen atoms in total. The first-order valence-corrected chi connectivity index (χ1v) is 42.0. The molecule has 1 saturated carbocycles. The van der Waals surface area contributed by atoms with Crippen molar-refractivity contribution in [1.82, 2.24) is 79.0 Å². The molecule has 1 aliphatic carbocycles. The van der Waals surface area contributed by atoms with E-state index < -0.39 is 30.1 Å². The molecule has 5 saturated heterocycles. The van der Waals surface area contributed by atoms with E-state index in [1.807, 2.05) is 84.2 Å². The Labute approximate surface area is 633 Å². The van der Waals surface area contributed by atoms with Gasteiger partial charge < -0.3 is 34.7 Å². The van der Waals surface area contributed by atoms with Crippen LogP contribution >= 0.6 is 34.8 Å². The quantitative estimate of drug-likeness (QED) is 0.0668. The summed E-state index contributed by atoms with van der Waals surface area (Å²) in [6.45, 7) is 19.9. The molecule has 0 spiro atoms. The summed E-state index contributed by atoms with van der Waals surface area (Å²) in [5.74, 6) is 0.229. The average Bonchev–Trinajstić information content (AvgIpc) is 1.44. The molecule has 35 heteroatoms. The van der Waals surface area contributed by atoms with Gasteiger partial charge in [0, 0.05) is 215 Å². The van der Waals surface area contributed by atoms with Gasteiger partial charge in [-0.3, -0.25) is 40.0 Å². The smallest absolute Gasteiger partial charge is 0.233 e. The summed E-state index contributed by atoms with van der Waals surface area (Å²) in [5, 5.41) is 44.7. The standard InChI is InChI=1S/C16H21ClN4O2S.C14H18ClN5O.C14H19ClN4O2S.C14H18N4O.C13H18N4O2S/c17-12-9-15-14(11-18-19-15)16(10-12)20-5-7-21(8-6-20)24(22,23)13-3-1-2-4-13;1-16-14(21)9-19-2-4-20(5-3-19)13-7-10(15)6-12-11(13)8-17-18-12;1-10(2)22(20,21)19-5-3-18(4-6-19)14-8-11(15)7-13-12(14)9-16-17-13;1-11(19)17-6-3-7-18(9-8-17)14-5-2-4-13-12(14)10-15-16-13;1-20(18,19)17-7-3-6-16(8-9-17)13-5-2-4-12-11(13)10-14-15-12/h9-11,13H,1-8H2,(H,18,19);6-8H,2-5,9H2,1H3,(H,16,21)(H,17,18);7-10H,3-6H2,1-2H3,(H,16,17);2,4-5,10H,3,6-9H2,1H3,(H,15,16);2,4-5,10H,3,6-9H2,1H3,(H,14,15). The predicted octanol–water partition coefficient (Wildman–Crippen LogP) is 8.43. The first kappa shape index (κ1) is 77.6. The number of nitrogens with zero attached hydrogens (tertiary/aromatic N) is 15. The molecular formula is C71H94Cl3N21O8S3. The highest BCUT2D eigenvalue weighted by Gasteiger charge is 2.37. The number of hydrogen-bond acceptors (Lipinski definition) is 19. The van der Waals surface area contributed by atoms with Crippen LogP contribution in [0, 0.1) is 0 Å². The largest absolute Gasteiger partial charge is 0.370 e. The van der Waals surface area contributed by atoms with E-state index in [1.54, 1.807) is 53.1 Å². The summed E-state index contributed by atoms with van der Waals surface area (Å²) in [4.78, 5) is 38.2. The second-order valence-corrected chi connectivity index (χ2v) is 35.6. The molecule has 2 amide bonds. The molecular weight excluding hydrogens is 1480 g/mol. The van der Waals surface area contributed by atoms with Gasteiger partial charge in [0.05, 0.1) is 81.9 Å². The number of sulfonamides is 3. The summed E-state index contributed by atoms with van der Waals surface area (Å²) >= 11 is 18.5. The second kappa shape index (κ2) is 34.5. The Hall–Kier alpha value is -8.05. The lowest BCUT2D eigenvalue weighted by Crippen LogP contribution is -2.50. The van der Waals surface area contributed by atoms with Crippen LogP contribution in [-0.4, -0.2) is 272 Å². The van der Waals surface area contributed by atoms with Gasteiger partial charge in [-0.2, -0.15) is 34.1 Å². The number of piperazine rings is 3. The van der Waals surface area contributed by atoms with E-state index >= 15 is 0 Å². The van der Waals surface area contributed by atoms with Crippen molar-refractivity contribution in [3.8, 4) is 0 Å². The lowest BCUT2D eigenvalue weighted by atomic mass is 10.2. The third-order valence-corrected chi connectivity index (χ3v) is 27.2. The molecule has 0 atom stereocenters. The van der Waals surface area contributed by atoms with Gasteiger partial charge >= 0.3 is 0 Å². The molecule has 16 rings (SSSR count). The Kier molecular flexibility index (Phi) is 25.2. The fraction of sp³-hybridized carbons (Fsp3) is 0.479. The number of hydrogen-bond donors (Lipinski definition) is 6. The highest BCUT2D eigenvalue weighted by molar-refractivity contribution is 7.90. The number of benzene rings is 5. The van der Waals surface area contributed by atoms with Crippen molar-refractivity contribution in [2.24, 2.45) is 0 Å². The van der Waals surface area contributed by atoms with Crippen LogP contribution in [0.15, 0.2) is 104 Å². The SMILES string of the molecule is CC(=O)N1CCCN(c2cccc3[nH]ncc23)CC1.CC(C)S(=O)(=O)N1CCN(c2cc(Cl)cc3[nH]ncc23)CC1.CNC(=O)CN1CCN(c2cc(Cl)cc3[nH]ncc23)CC1.CS(=O)(=O)N1CCCN(c2cccc3[nH]ncc23)CC1.O=S(=O)(C1CCCC1)N1CCN(c2cc(Cl)cc3[nH]ncc23)CC1. The molecule has 106 heavy (non-hydrogen) atoms. The van der Waals surface area contributed by atoms with Crippen molar-refractivity contribution >= 4 is 160 Å². The zero-order valence-corrected chi connectivity index (χ0v) is 65.1. The number of aromatic amines is 5. The first-order chi connectivity index (χ1) is 50.9. The number of rotatable bonds is 12. The zero-order chi connectivity index (χ0) is 74.9. The van der Waals surface area contributed by atoms with Crippen molar-refractivity contribution in [2.45, 2.75) is 69.8 Å². The molecule has 6 N–H and O–H groups in total. The molecule has 10 heterocycles. The van der Waals surface area contributed by atoms with E-state index in [9.17, 15) is 34.8 Å². The summed E-state index contributed by atoms with van der Waals surface area (Å²) in [7, 11) is -7.76. The lowest BCUT2D eigenvalue weighted by molar-refractivity contribution is -0.128. The molecule has 6 aliphatic rings. The Morgan fingerprint density at radius 1 is 0.453 bits per heavy atom. The van der Waals surface area contributed by atoms with Crippen LogP contribution in [-0.2, 0) is 39.7 Å². The van der Waals surface area contributed by atoms with Gasteiger partial charge in [-0.1, -0.05) is 59.8 Å². The summed E-state index contributed by atoms with van der Waals surface area (Å²) < 4.78 is 78.0. The Balaban J connectivity index is 0.000000124. The maximum Gasteiger partial charge on any atom is 0.233 e. The van der Waals surface area contributed by atoms with E-state index in [4.69, 9.17) is 34.8 Å². The number of aromatic nitrogens is 10. The average molecular weight is 1570 g/mol. The van der Waals surface area contributed by atoms with Crippen molar-refractivity contribution in [3.63, 3.8) is 0 Å². The van der Waals surface area contributed by atoms with Gasteiger partial charge in [-0.25, -0.2) is 29.6 Å². The number of anilines is 5. The number of carbonyl (C=O) groups excluding carboxylic acids is 2. The van der Waals surface area contributed by atoms with E-state index in [1.165, 1.54) is 11.9 Å². The van der Waals surface area contributed by atoms with E-state index in [2.05, 4.69) is 97.8 Å². The van der Waals surface area contributed by atoms with E-state index in [0.717, 1.165) is 175 Å². The number of carbonyl (C=O) groups is 2. The number of fused-ring (bicyclic) bond motifs is 5. The fourth-order valence-corrected chi connectivity index (χ4v) is 19.5. The monoisotopic (exact) mass is 1570 g/mol. The Bertz CT molecular complexity index is 5010. The Morgan fingerprint density at radius 3 is 1.23 bits per heavy atom. The summed E-state index contributed by atoms with van der Waals surface area (Å²) in [5.41, 5.74) is 10.2. The van der Waals surface area contributed by atoms with Gasteiger partial charge in [-0.15, -0.1) is 0 Å². The molecule has 5 aromatic carbocycles. The summed E-state index contributed by atoms with van der Waals surface area (Å²) in [6, 6.07) is 23.7. The van der Waals surface area contributed by atoms with E-state index in [-0.39, 0.29) is 22.3 Å². The molecule has 0 unspecified atom stereocenters. The van der Waals surface area contributed by atoms with Crippen LogP contribution in [0.2, 0.25) is 15.1 Å². The van der Waals surface area contributed by atoms with Crippen LogP contribution in [0.4, 0.5) is 28.4 Å². The number of likely N-dealkylation sites (N-methyl/N-ethyl adjacent to an activating group) is 1. The van der Waals surface area contributed by atoms with Crippen molar-refractivity contribution in [1.29, 1.82) is 0 Å². The number of nitrogens with one attached hydrogen (secondary N) is 6. The van der Waals surface area contributed by atoms with Crippen LogP contribution in [0.1, 0.15) is 59.3 Å². The molecule has 5 aromatic heterocycles. The molecule has 0 radical (unpaired) electrons. The van der Waals surface area contributed by atoms with Crippen molar-refractivity contribution in [3.05, 3.63) is 119 Å². The number of H-pyrrole nitrogens is 5. The number of amides is 2. The maximum atomic E-state index is 12.7. The van der Waals surface area contributed by atoms with E-state index in [0.29, 0.717) is 93.6 Å². The normalized spacial score (nSPS) is 18.1.